The molecule has 0 unspecified atom stereocenters. The summed E-state index contributed by atoms with van der Waals surface area (Å²) in [5.41, 5.74) is 3.24. The number of ether oxygens (including phenoxy) is 2. The predicted octanol–water partition coefficient (Wildman–Crippen LogP) is 4.23. The number of benzene rings is 2. The molecular formula is C26H28F3N5O4. The minimum absolute atomic E-state index is 0.364. The smallest absolute Gasteiger partial charge is 0.465 e. The molecule has 0 aliphatic carbocycles. The molecule has 0 saturated heterocycles. The summed E-state index contributed by atoms with van der Waals surface area (Å²) in [6.07, 6.45) is -3.23. The van der Waals surface area contributed by atoms with Gasteiger partial charge in [-0.3, -0.25) is 0 Å². The number of rotatable bonds is 8. The zero-order valence-corrected chi connectivity index (χ0v) is 21.1. The van der Waals surface area contributed by atoms with Crippen LogP contribution < -0.4 is 10.6 Å². The molecule has 0 bridgehead atoms. The van der Waals surface area contributed by atoms with Crippen molar-refractivity contribution in [1.29, 1.82) is 0 Å². The molecule has 4 rings (SSSR count). The lowest BCUT2D eigenvalue weighted by Gasteiger charge is -2.09. The number of H-pyrrole nitrogens is 1. The highest BCUT2D eigenvalue weighted by atomic mass is 19.4. The van der Waals surface area contributed by atoms with Gasteiger partial charge in [-0.05, 0) is 37.7 Å². The fourth-order valence-electron chi connectivity index (χ4n) is 3.66. The highest BCUT2D eigenvalue weighted by Gasteiger charge is 2.40. The molecular weight excluding hydrogens is 503 g/mol. The third-order valence-electron chi connectivity index (χ3n) is 5.44. The van der Waals surface area contributed by atoms with Gasteiger partial charge in [-0.15, -0.1) is 0 Å². The Labute approximate surface area is 216 Å². The van der Waals surface area contributed by atoms with Gasteiger partial charge in [-0.25, -0.2) is 19.6 Å². The first-order valence-corrected chi connectivity index (χ1v) is 11.7. The van der Waals surface area contributed by atoms with Crippen molar-refractivity contribution in [2.45, 2.75) is 19.0 Å². The molecule has 12 heteroatoms. The van der Waals surface area contributed by atoms with Crippen molar-refractivity contribution in [3.05, 3.63) is 65.5 Å². The van der Waals surface area contributed by atoms with Crippen molar-refractivity contribution in [2.24, 2.45) is 0 Å². The van der Waals surface area contributed by atoms with Gasteiger partial charge in [0, 0.05) is 23.9 Å². The number of fused-ring (bicyclic) bond motifs is 3. The van der Waals surface area contributed by atoms with Gasteiger partial charge in [0.1, 0.15) is 17.3 Å². The summed E-state index contributed by atoms with van der Waals surface area (Å²) in [5.74, 6) is -0.988. The summed E-state index contributed by atoms with van der Waals surface area (Å²) < 4.78 is 41.1. The van der Waals surface area contributed by atoms with Crippen LogP contribution in [0.4, 0.5) is 19.0 Å². The predicted molar refractivity (Wildman–Crippen MR) is 137 cm³/mol. The van der Waals surface area contributed by atoms with Crippen LogP contribution in [-0.4, -0.2) is 67.4 Å². The second-order valence-electron chi connectivity index (χ2n) is 8.12. The number of nitrogens with one attached hydrogen (secondary N) is 3. The van der Waals surface area contributed by atoms with Gasteiger partial charge in [-0.2, -0.15) is 13.2 Å². The molecule has 0 amide bonds. The van der Waals surface area contributed by atoms with Crippen LogP contribution in [0, 0.1) is 0 Å². The molecule has 2 aromatic carbocycles. The fourth-order valence-corrected chi connectivity index (χ4v) is 3.66. The first-order valence-electron chi connectivity index (χ1n) is 11.7. The van der Waals surface area contributed by atoms with Crippen molar-refractivity contribution < 1.29 is 32.2 Å². The van der Waals surface area contributed by atoms with E-state index in [1.165, 1.54) is 7.11 Å². The fraction of sp³-hybridized carbons (Fsp3) is 0.308. The van der Waals surface area contributed by atoms with Crippen LogP contribution in [0.2, 0.25) is 0 Å². The number of halogens is 3. The van der Waals surface area contributed by atoms with E-state index in [4.69, 9.17) is 14.7 Å². The van der Waals surface area contributed by atoms with Crippen LogP contribution in [0.3, 0.4) is 0 Å². The lowest BCUT2D eigenvalue weighted by atomic mass is 10.1. The molecule has 2 aromatic heterocycles. The van der Waals surface area contributed by atoms with Gasteiger partial charge in [0.05, 0.1) is 25.2 Å². The largest absolute Gasteiger partial charge is 0.490 e. The zero-order valence-electron chi connectivity index (χ0n) is 21.1. The summed E-state index contributed by atoms with van der Waals surface area (Å²) in [7, 11) is 4.00. The van der Waals surface area contributed by atoms with E-state index in [-0.39, 0.29) is 5.97 Å². The van der Waals surface area contributed by atoms with Crippen molar-refractivity contribution in [1.82, 2.24) is 20.3 Å². The highest BCUT2D eigenvalue weighted by molar-refractivity contribution is 6.12. The third-order valence-corrected chi connectivity index (χ3v) is 5.44. The number of alkyl halides is 3. The van der Waals surface area contributed by atoms with E-state index in [1.54, 1.807) is 12.1 Å². The Morgan fingerprint density at radius 2 is 1.74 bits per heavy atom. The molecule has 0 atom stereocenters. The molecule has 0 radical (unpaired) electrons. The molecule has 0 spiro atoms. The van der Waals surface area contributed by atoms with Gasteiger partial charge in [0.25, 0.3) is 0 Å². The van der Waals surface area contributed by atoms with Gasteiger partial charge in [-0.1, -0.05) is 36.4 Å². The van der Waals surface area contributed by atoms with Crippen molar-refractivity contribution >= 4 is 39.7 Å². The second-order valence-corrected chi connectivity index (χ2v) is 8.12. The minimum atomic E-state index is -4.85. The monoisotopic (exact) mass is 531 g/mol. The second kappa shape index (κ2) is 12.9. The van der Waals surface area contributed by atoms with E-state index in [0.29, 0.717) is 19.1 Å². The SMILES string of the molecule is CNCCCNc1nc(Cc2ccccc2)nc2[nH]c3cc(C(=O)OC)ccc3c12.COC(=O)C(F)(F)F. The highest BCUT2D eigenvalue weighted by Crippen LogP contribution is 2.31. The number of methoxy groups -OCH3 is 2. The number of nitrogens with zero attached hydrogens (tertiary/aromatic N) is 2. The van der Waals surface area contributed by atoms with Gasteiger partial charge >= 0.3 is 18.1 Å². The van der Waals surface area contributed by atoms with Gasteiger partial charge < -0.3 is 25.1 Å². The maximum absolute atomic E-state index is 11.9. The van der Waals surface area contributed by atoms with E-state index < -0.39 is 12.1 Å². The van der Waals surface area contributed by atoms with E-state index in [9.17, 15) is 22.8 Å². The summed E-state index contributed by atoms with van der Waals surface area (Å²) in [6, 6.07) is 15.7. The topological polar surface area (TPSA) is 118 Å². The lowest BCUT2D eigenvalue weighted by molar-refractivity contribution is -0.196. The Morgan fingerprint density at radius 1 is 1.00 bits per heavy atom. The normalized spacial score (nSPS) is 11.1. The summed E-state index contributed by atoms with van der Waals surface area (Å²) in [4.78, 5) is 34.4. The molecule has 202 valence electrons. The van der Waals surface area contributed by atoms with Crippen LogP contribution in [0.15, 0.2) is 48.5 Å². The summed E-state index contributed by atoms with van der Waals surface area (Å²) in [5, 5.41) is 8.54. The number of aromatic amines is 1. The number of esters is 2. The minimum Gasteiger partial charge on any atom is -0.465 e. The standard InChI is InChI=1S/C23H25N5O2.C3H3F3O2/c1-24-11-6-12-25-21-20-17-10-9-16(23(29)30-2)14-18(17)26-22(20)28-19(27-21)13-15-7-4-3-5-8-15;1-8-2(7)3(4,5)6/h3-5,7-10,14,24H,6,11-13H2,1-2H3,(H2,25,26,27,28);1H3. The molecule has 4 aromatic rings. The Hall–Kier alpha value is -4.19. The Morgan fingerprint density at radius 3 is 2.34 bits per heavy atom. The molecule has 2 heterocycles. The Balaban J connectivity index is 0.000000436. The first-order chi connectivity index (χ1) is 18.2. The lowest BCUT2D eigenvalue weighted by Crippen LogP contribution is -2.23. The number of anilines is 1. The average molecular weight is 532 g/mol. The summed E-state index contributed by atoms with van der Waals surface area (Å²) >= 11 is 0. The van der Waals surface area contributed by atoms with Crippen molar-refractivity contribution in [2.75, 3.05) is 39.7 Å². The van der Waals surface area contributed by atoms with E-state index in [1.807, 2.05) is 31.3 Å². The molecule has 0 aliphatic heterocycles. The Bertz CT molecular complexity index is 1390. The number of carbonyl (C=O) groups is 2. The van der Waals surface area contributed by atoms with Crippen LogP contribution in [0.25, 0.3) is 21.9 Å². The number of carbonyl (C=O) groups excluding carboxylic acids is 2. The molecule has 0 aliphatic rings. The van der Waals surface area contributed by atoms with Crippen molar-refractivity contribution in [3.63, 3.8) is 0 Å². The summed E-state index contributed by atoms with van der Waals surface area (Å²) in [6.45, 7) is 1.72. The first kappa shape index (κ1) is 28.4. The molecule has 0 saturated carbocycles. The molecule has 3 N–H and O–H groups in total. The maximum Gasteiger partial charge on any atom is 0.490 e. The van der Waals surface area contributed by atoms with Crippen LogP contribution in [0.5, 0.6) is 0 Å². The third kappa shape index (κ3) is 7.19. The Kier molecular flexibility index (Phi) is 9.61. The van der Waals surface area contributed by atoms with Gasteiger partial charge in [0.15, 0.2) is 0 Å². The van der Waals surface area contributed by atoms with Crippen LogP contribution >= 0.6 is 0 Å². The number of hydrogen-bond acceptors (Lipinski definition) is 8. The van der Waals surface area contributed by atoms with Crippen molar-refractivity contribution in [3.8, 4) is 0 Å². The molecule has 38 heavy (non-hydrogen) atoms. The van der Waals surface area contributed by atoms with Crippen LogP contribution in [-0.2, 0) is 20.7 Å². The van der Waals surface area contributed by atoms with Crippen LogP contribution in [0.1, 0.15) is 28.2 Å². The molecule has 9 nitrogen and oxygen atoms in total. The van der Waals surface area contributed by atoms with E-state index >= 15 is 0 Å². The molecule has 0 fully saturated rings. The van der Waals surface area contributed by atoms with E-state index in [0.717, 1.165) is 58.7 Å². The van der Waals surface area contributed by atoms with E-state index in [2.05, 4.69) is 32.5 Å². The zero-order chi connectivity index (χ0) is 27.7. The number of aromatic nitrogens is 3. The van der Waals surface area contributed by atoms with Gasteiger partial charge in [0.2, 0.25) is 0 Å². The average Bonchev–Trinajstić information content (AvgIpc) is 3.28. The quantitative estimate of drug-likeness (QED) is 0.228. The maximum atomic E-state index is 11.9. The number of hydrogen-bond donors (Lipinski definition) is 3.